The fraction of sp³-hybridized carbons (Fsp3) is 0.391. The lowest BCUT2D eigenvalue weighted by molar-refractivity contribution is -0.118. The molecule has 0 aromatic heterocycles. The summed E-state index contributed by atoms with van der Waals surface area (Å²) in [4.78, 5) is 23.9. The molecule has 2 N–H and O–H groups in total. The third-order valence-electron chi connectivity index (χ3n) is 5.09. The van der Waals surface area contributed by atoms with Crippen molar-refractivity contribution in [2.75, 3.05) is 17.2 Å². The van der Waals surface area contributed by atoms with Crippen molar-refractivity contribution in [3.05, 3.63) is 53.6 Å². The van der Waals surface area contributed by atoms with E-state index in [2.05, 4.69) is 31.4 Å². The van der Waals surface area contributed by atoms with Gasteiger partial charge in [-0.05, 0) is 54.2 Å². The molecule has 5 nitrogen and oxygen atoms in total. The number of carbonyl (C=O) groups is 2. The highest BCUT2D eigenvalue weighted by Crippen LogP contribution is 2.28. The summed E-state index contributed by atoms with van der Waals surface area (Å²) in [5.74, 6) is 0.344. The first kappa shape index (κ1) is 21.5. The van der Waals surface area contributed by atoms with E-state index in [1.165, 1.54) is 5.56 Å². The van der Waals surface area contributed by atoms with E-state index in [1.807, 2.05) is 37.3 Å². The number of rotatable bonds is 8. The minimum atomic E-state index is -0.250. The van der Waals surface area contributed by atoms with Gasteiger partial charge in [-0.3, -0.25) is 9.59 Å². The summed E-state index contributed by atoms with van der Waals surface area (Å²) in [6, 6.07) is 13.3. The zero-order chi connectivity index (χ0) is 20.7. The van der Waals surface area contributed by atoms with Crippen molar-refractivity contribution < 1.29 is 14.3 Å². The van der Waals surface area contributed by atoms with Gasteiger partial charge in [0, 0.05) is 17.8 Å². The molecular formula is C23H30N2O3. The Bertz CT molecular complexity index is 826. The van der Waals surface area contributed by atoms with Gasteiger partial charge in [0.25, 0.3) is 5.91 Å². The summed E-state index contributed by atoms with van der Waals surface area (Å²) in [5, 5.41) is 5.67. The van der Waals surface area contributed by atoms with Gasteiger partial charge < -0.3 is 15.4 Å². The smallest absolute Gasteiger partial charge is 0.262 e. The van der Waals surface area contributed by atoms with Crippen LogP contribution >= 0.6 is 0 Å². The van der Waals surface area contributed by atoms with Crippen LogP contribution in [0.4, 0.5) is 11.4 Å². The van der Waals surface area contributed by atoms with Crippen LogP contribution in [0.5, 0.6) is 5.75 Å². The summed E-state index contributed by atoms with van der Waals surface area (Å²) in [5.41, 5.74) is 3.52. The Kier molecular flexibility index (Phi) is 7.21. The second-order valence-electron chi connectivity index (χ2n) is 7.48. The number of anilines is 2. The summed E-state index contributed by atoms with van der Waals surface area (Å²) < 4.78 is 5.61. The van der Waals surface area contributed by atoms with Crippen molar-refractivity contribution in [3.63, 3.8) is 0 Å². The third kappa shape index (κ3) is 5.59. The molecule has 0 heterocycles. The molecule has 150 valence electrons. The first-order valence-corrected chi connectivity index (χ1v) is 9.69. The molecule has 2 rings (SSSR count). The minimum absolute atomic E-state index is 0.0652. The first-order valence-electron chi connectivity index (χ1n) is 9.69. The van der Waals surface area contributed by atoms with E-state index in [9.17, 15) is 9.59 Å². The maximum atomic E-state index is 12.3. The molecule has 2 aromatic carbocycles. The minimum Gasteiger partial charge on any atom is -0.484 e. The van der Waals surface area contributed by atoms with Crippen LogP contribution in [-0.2, 0) is 15.0 Å². The highest BCUT2D eigenvalue weighted by Gasteiger charge is 2.17. The van der Waals surface area contributed by atoms with Crippen molar-refractivity contribution in [2.24, 2.45) is 0 Å². The zero-order valence-corrected chi connectivity index (χ0v) is 17.4. The average molecular weight is 383 g/mol. The number of benzene rings is 2. The summed E-state index contributed by atoms with van der Waals surface area (Å²) >= 11 is 0. The lowest BCUT2D eigenvalue weighted by Gasteiger charge is -2.23. The second kappa shape index (κ2) is 9.40. The van der Waals surface area contributed by atoms with Gasteiger partial charge >= 0.3 is 0 Å². The highest BCUT2D eigenvalue weighted by molar-refractivity contribution is 5.96. The largest absolute Gasteiger partial charge is 0.484 e. The Labute approximate surface area is 167 Å². The van der Waals surface area contributed by atoms with Crippen LogP contribution in [0.2, 0.25) is 0 Å². The van der Waals surface area contributed by atoms with Crippen LogP contribution in [0.1, 0.15) is 51.7 Å². The Morgan fingerprint density at radius 1 is 0.929 bits per heavy atom. The number of carbonyl (C=O) groups excluding carboxylic acids is 2. The molecule has 0 saturated heterocycles. The van der Waals surface area contributed by atoms with Crippen molar-refractivity contribution in [2.45, 2.75) is 52.9 Å². The van der Waals surface area contributed by atoms with E-state index in [0.717, 1.165) is 12.0 Å². The average Bonchev–Trinajstić information content (AvgIpc) is 2.69. The number of nitrogens with one attached hydrogen (secondary N) is 2. The van der Waals surface area contributed by atoms with Crippen LogP contribution in [0, 0.1) is 6.92 Å². The molecule has 0 aliphatic heterocycles. The maximum Gasteiger partial charge on any atom is 0.262 e. The van der Waals surface area contributed by atoms with Gasteiger partial charge in [-0.25, -0.2) is 0 Å². The molecule has 0 saturated carbocycles. The molecule has 0 fully saturated rings. The predicted octanol–water partition coefficient (Wildman–Crippen LogP) is 5.05. The van der Waals surface area contributed by atoms with Gasteiger partial charge in [-0.1, -0.05) is 45.9 Å². The van der Waals surface area contributed by atoms with Gasteiger partial charge in [0.1, 0.15) is 5.75 Å². The van der Waals surface area contributed by atoms with Crippen LogP contribution in [0.15, 0.2) is 42.5 Å². The Morgan fingerprint density at radius 2 is 1.50 bits per heavy atom. The predicted molar refractivity (Wildman–Crippen MR) is 114 cm³/mol. The number of amides is 2. The summed E-state index contributed by atoms with van der Waals surface area (Å²) in [6.07, 6.45) is 1.45. The zero-order valence-electron chi connectivity index (χ0n) is 17.4. The van der Waals surface area contributed by atoms with E-state index < -0.39 is 0 Å². The maximum absolute atomic E-state index is 12.3. The number of ether oxygens (including phenoxy) is 1. The van der Waals surface area contributed by atoms with Gasteiger partial charge in [0.15, 0.2) is 6.61 Å². The molecule has 0 atom stereocenters. The molecule has 0 radical (unpaired) electrons. The monoisotopic (exact) mass is 382 g/mol. The van der Waals surface area contributed by atoms with Crippen LogP contribution in [0.25, 0.3) is 0 Å². The third-order valence-corrected chi connectivity index (χ3v) is 5.09. The quantitative estimate of drug-likeness (QED) is 0.671. The van der Waals surface area contributed by atoms with Gasteiger partial charge in [-0.2, -0.15) is 0 Å². The summed E-state index contributed by atoms with van der Waals surface area (Å²) in [6.45, 7) is 10.1. The van der Waals surface area contributed by atoms with Crippen molar-refractivity contribution >= 4 is 23.2 Å². The SMILES string of the molecule is CCC(=O)Nc1cccc(NC(=O)COc2ccc(C(C)(C)CC)cc2)c1C. The van der Waals surface area contributed by atoms with Gasteiger partial charge in [0.2, 0.25) is 5.91 Å². The van der Waals surface area contributed by atoms with Gasteiger partial charge in [0.05, 0.1) is 0 Å². The molecule has 2 amide bonds. The lowest BCUT2D eigenvalue weighted by Crippen LogP contribution is -2.21. The van der Waals surface area contributed by atoms with Crippen molar-refractivity contribution in [3.8, 4) is 5.75 Å². The molecule has 0 unspecified atom stereocenters. The second-order valence-corrected chi connectivity index (χ2v) is 7.48. The lowest BCUT2D eigenvalue weighted by atomic mass is 9.82. The van der Waals surface area contributed by atoms with E-state index in [0.29, 0.717) is 23.5 Å². The first-order chi connectivity index (χ1) is 13.3. The highest BCUT2D eigenvalue weighted by atomic mass is 16.5. The Morgan fingerprint density at radius 3 is 2.04 bits per heavy atom. The van der Waals surface area contributed by atoms with E-state index >= 15 is 0 Å². The van der Waals surface area contributed by atoms with E-state index in [1.54, 1.807) is 19.1 Å². The Hall–Kier alpha value is -2.82. The van der Waals surface area contributed by atoms with Crippen LogP contribution in [-0.4, -0.2) is 18.4 Å². The molecule has 0 spiro atoms. The molecule has 28 heavy (non-hydrogen) atoms. The van der Waals surface area contributed by atoms with E-state index in [4.69, 9.17) is 4.74 Å². The normalized spacial score (nSPS) is 11.0. The molecule has 0 bridgehead atoms. The Balaban J connectivity index is 1.96. The van der Waals surface area contributed by atoms with Crippen molar-refractivity contribution in [1.29, 1.82) is 0 Å². The molecule has 2 aromatic rings. The molecule has 5 heteroatoms. The molecule has 0 aliphatic carbocycles. The fourth-order valence-electron chi connectivity index (χ4n) is 2.69. The van der Waals surface area contributed by atoms with Crippen LogP contribution in [0.3, 0.4) is 0 Å². The number of hydrogen-bond donors (Lipinski definition) is 2. The summed E-state index contributed by atoms with van der Waals surface area (Å²) in [7, 11) is 0. The molecule has 0 aliphatic rings. The topological polar surface area (TPSA) is 67.4 Å². The number of hydrogen-bond acceptors (Lipinski definition) is 3. The molecular weight excluding hydrogens is 352 g/mol. The van der Waals surface area contributed by atoms with Gasteiger partial charge in [-0.15, -0.1) is 0 Å². The standard InChI is InChI=1S/C23H30N2O3/c1-6-21(26)24-19-9-8-10-20(16(19)3)25-22(27)15-28-18-13-11-17(12-14-18)23(4,5)7-2/h8-14H,6-7,15H2,1-5H3,(H,24,26)(H,25,27). The fourth-order valence-corrected chi connectivity index (χ4v) is 2.69. The van der Waals surface area contributed by atoms with Crippen molar-refractivity contribution in [1.82, 2.24) is 0 Å². The van der Waals surface area contributed by atoms with E-state index in [-0.39, 0.29) is 23.8 Å². The van der Waals surface area contributed by atoms with Crippen LogP contribution < -0.4 is 15.4 Å².